The third-order valence-electron chi connectivity index (χ3n) is 3.24. The lowest BCUT2D eigenvalue weighted by atomic mass is 9.87. The maximum absolute atomic E-state index is 9.71. The van der Waals surface area contributed by atoms with Gasteiger partial charge in [0.2, 0.25) is 0 Å². The minimum Gasteiger partial charge on any atom is -0.390 e. The SMILES string of the molecule is CCC(C)CCCC(C)C(C)(C)O. The summed E-state index contributed by atoms with van der Waals surface area (Å²) in [6.07, 6.45) is 4.97. The molecule has 1 nitrogen and oxygen atoms in total. The van der Waals surface area contributed by atoms with E-state index in [1.807, 2.05) is 13.8 Å². The zero-order valence-electron chi connectivity index (χ0n) is 9.93. The van der Waals surface area contributed by atoms with Gasteiger partial charge in [-0.25, -0.2) is 0 Å². The molecule has 0 aromatic carbocycles. The smallest absolute Gasteiger partial charge is 0.0617 e. The predicted octanol–water partition coefficient (Wildman–Crippen LogP) is 3.61. The second-order valence-electron chi connectivity index (χ2n) is 5.00. The van der Waals surface area contributed by atoms with E-state index in [0.717, 1.165) is 12.3 Å². The number of rotatable bonds is 6. The molecule has 2 atom stereocenters. The van der Waals surface area contributed by atoms with E-state index in [4.69, 9.17) is 0 Å². The monoisotopic (exact) mass is 186 g/mol. The number of hydrogen-bond donors (Lipinski definition) is 1. The summed E-state index contributed by atoms with van der Waals surface area (Å²) in [5.41, 5.74) is -0.505. The summed E-state index contributed by atoms with van der Waals surface area (Å²) in [4.78, 5) is 0. The zero-order valence-corrected chi connectivity index (χ0v) is 9.93. The molecule has 80 valence electrons. The quantitative estimate of drug-likeness (QED) is 0.672. The summed E-state index contributed by atoms with van der Waals surface area (Å²) >= 11 is 0. The maximum atomic E-state index is 9.71. The summed E-state index contributed by atoms with van der Waals surface area (Å²) in [6.45, 7) is 10.5. The van der Waals surface area contributed by atoms with Crippen molar-refractivity contribution < 1.29 is 5.11 Å². The van der Waals surface area contributed by atoms with Crippen LogP contribution in [-0.2, 0) is 0 Å². The van der Waals surface area contributed by atoms with Crippen molar-refractivity contribution in [3.05, 3.63) is 0 Å². The third-order valence-corrected chi connectivity index (χ3v) is 3.24. The minimum atomic E-state index is -0.505. The Morgan fingerprint density at radius 3 is 2.08 bits per heavy atom. The van der Waals surface area contributed by atoms with Crippen molar-refractivity contribution in [1.29, 1.82) is 0 Å². The Labute approximate surface area is 83.5 Å². The molecule has 0 aliphatic heterocycles. The van der Waals surface area contributed by atoms with Crippen molar-refractivity contribution >= 4 is 0 Å². The van der Waals surface area contributed by atoms with E-state index in [9.17, 15) is 5.11 Å². The van der Waals surface area contributed by atoms with Gasteiger partial charge in [0.15, 0.2) is 0 Å². The highest BCUT2D eigenvalue weighted by molar-refractivity contribution is 4.73. The molecule has 0 aromatic rings. The van der Waals surface area contributed by atoms with Crippen molar-refractivity contribution in [3.8, 4) is 0 Å². The van der Waals surface area contributed by atoms with Gasteiger partial charge in [0.25, 0.3) is 0 Å². The summed E-state index contributed by atoms with van der Waals surface area (Å²) in [5.74, 6) is 1.26. The first kappa shape index (κ1) is 13.0. The molecule has 0 aliphatic rings. The molecule has 0 bridgehead atoms. The summed E-state index contributed by atoms with van der Waals surface area (Å²) < 4.78 is 0. The van der Waals surface area contributed by atoms with Crippen LogP contribution >= 0.6 is 0 Å². The van der Waals surface area contributed by atoms with E-state index >= 15 is 0 Å². The van der Waals surface area contributed by atoms with Gasteiger partial charge in [0, 0.05) is 0 Å². The Morgan fingerprint density at radius 1 is 1.15 bits per heavy atom. The van der Waals surface area contributed by atoms with Gasteiger partial charge in [-0.3, -0.25) is 0 Å². The van der Waals surface area contributed by atoms with E-state index in [2.05, 4.69) is 20.8 Å². The van der Waals surface area contributed by atoms with Crippen molar-refractivity contribution in [2.45, 2.75) is 65.9 Å². The Kier molecular flexibility index (Phi) is 5.62. The molecule has 0 amide bonds. The van der Waals surface area contributed by atoms with Gasteiger partial charge in [0.05, 0.1) is 5.60 Å². The molecular formula is C12H26O. The fraction of sp³-hybridized carbons (Fsp3) is 1.00. The van der Waals surface area contributed by atoms with Crippen molar-refractivity contribution in [3.63, 3.8) is 0 Å². The molecule has 0 spiro atoms. The first-order valence-corrected chi connectivity index (χ1v) is 5.60. The van der Waals surface area contributed by atoms with Crippen LogP contribution < -0.4 is 0 Å². The van der Waals surface area contributed by atoms with Crippen molar-refractivity contribution in [1.82, 2.24) is 0 Å². The van der Waals surface area contributed by atoms with Crippen LogP contribution in [0.1, 0.15) is 60.3 Å². The molecule has 0 rings (SSSR count). The van der Waals surface area contributed by atoms with E-state index in [-0.39, 0.29) is 0 Å². The highest BCUT2D eigenvalue weighted by Crippen LogP contribution is 2.23. The van der Waals surface area contributed by atoms with E-state index in [0.29, 0.717) is 5.92 Å². The average molecular weight is 186 g/mol. The van der Waals surface area contributed by atoms with Crippen LogP contribution in [0.3, 0.4) is 0 Å². The third kappa shape index (κ3) is 6.09. The molecule has 0 fully saturated rings. The van der Waals surface area contributed by atoms with Gasteiger partial charge in [-0.2, -0.15) is 0 Å². The highest BCUT2D eigenvalue weighted by atomic mass is 16.3. The van der Waals surface area contributed by atoms with Gasteiger partial charge in [0.1, 0.15) is 0 Å². The molecular weight excluding hydrogens is 160 g/mol. The molecule has 1 N–H and O–H groups in total. The molecule has 0 saturated heterocycles. The molecule has 0 aromatic heterocycles. The largest absolute Gasteiger partial charge is 0.390 e. The fourth-order valence-electron chi connectivity index (χ4n) is 1.33. The van der Waals surface area contributed by atoms with Gasteiger partial charge in [-0.15, -0.1) is 0 Å². The standard InChI is InChI=1S/C12H26O/c1-6-10(2)8-7-9-11(3)12(4,5)13/h10-11,13H,6-9H2,1-5H3. The lowest BCUT2D eigenvalue weighted by Crippen LogP contribution is -2.28. The second-order valence-corrected chi connectivity index (χ2v) is 5.00. The van der Waals surface area contributed by atoms with Gasteiger partial charge >= 0.3 is 0 Å². The van der Waals surface area contributed by atoms with E-state index in [1.165, 1.54) is 19.3 Å². The molecule has 1 heteroatoms. The van der Waals surface area contributed by atoms with Crippen LogP contribution in [0.2, 0.25) is 0 Å². The zero-order chi connectivity index (χ0) is 10.5. The molecule has 0 radical (unpaired) electrons. The first-order valence-electron chi connectivity index (χ1n) is 5.60. The minimum absolute atomic E-state index is 0.413. The van der Waals surface area contributed by atoms with Crippen LogP contribution in [0.5, 0.6) is 0 Å². The van der Waals surface area contributed by atoms with Crippen molar-refractivity contribution in [2.75, 3.05) is 0 Å². The van der Waals surface area contributed by atoms with Crippen LogP contribution in [-0.4, -0.2) is 10.7 Å². The first-order chi connectivity index (χ1) is 5.88. The fourth-order valence-corrected chi connectivity index (χ4v) is 1.33. The lowest BCUT2D eigenvalue weighted by Gasteiger charge is -2.26. The Morgan fingerprint density at radius 2 is 1.69 bits per heavy atom. The van der Waals surface area contributed by atoms with E-state index < -0.39 is 5.60 Å². The van der Waals surface area contributed by atoms with Crippen LogP contribution in [0, 0.1) is 11.8 Å². The second kappa shape index (κ2) is 5.64. The highest BCUT2D eigenvalue weighted by Gasteiger charge is 2.21. The lowest BCUT2D eigenvalue weighted by molar-refractivity contribution is 0.0200. The van der Waals surface area contributed by atoms with E-state index in [1.54, 1.807) is 0 Å². The molecule has 2 unspecified atom stereocenters. The van der Waals surface area contributed by atoms with Crippen LogP contribution in [0.25, 0.3) is 0 Å². The Hall–Kier alpha value is -0.0400. The predicted molar refractivity (Wildman–Crippen MR) is 58.8 cm³/mol. The topological polar surface area (TPSA) is 20.2 Å². The number of aliphatic hydroxyl groups is 1. The van der Waals surface area contributed by atoms with Crippen molar-refractivity contribution in [2.24, 2.45) is 11.8 Å². The van der Waals surface area contributed by atoms with Crippen LogP contribution in [0.15, 0.2) is 0 Å². The summed E-state index contributed by atoms with van der Waals surface area (Å²) in [5, 5.41) is 9.71. The normalized spacial score (nSPS) is 17.1. The number of hydrogen-bond acceptors (Lipinski definition) is 1. The molecule has 0 saturated carbocycles. The summed E-state index contributed by atoms with van der Waals surface area (Å²) in [7, 11) is 0. The van der Waals surface area contributed by atoms with Gasteiger partial charge in [-0.1, -0.05) is 40.0 Å². The summed E-state index contributed by atoms with van der Waals surface area (Å²) in [6, 6.07) is 0. The molecule has 0 heterocycles. The Balaban J connectivity index is 3.54. The average Bonchev–Trinajstić information content (AvgIpc) is 2.02. The maximum Gasteiger partial charge on any atom is 0.0617 e. The van der Waals surface area contributed by atoms with Gasteiger partial charge in [-0.05, 0) is 32.1 Å². The molecule has 0 aliphatic carbocycles. The Bertz CT molecular complexity index is 124. The van der Waals surface area contributed by atoms with Crippen LogP contribution in [0.4, 0.5) is 0 Å². The molecule has 13 heavy (non-hydrogen) atoms. The van der Waals surface area contributed by atoms with Gasteiger partial charge < -0.3 is 5.11 Å².